The minimum atomic E-state index is -0.958. The second-order valence-corrected chi connectivity index (χ2v) is 5.21. The molecule has 0 bridgehead atoms. The molecule has 0 aliphatic carbocycles. The standard InChI is InChI=1S/C14H21N3O3/c1-4-14(2,3)17(13(19)20)9-10-5-7-11(8-6-10)12(18)16-15/h5-8H,4,9,15H2,1-3H3,(H,16,18)(H,19,20). The van der Waals surface area contributed by atoms with E-state index in [1.807, 2.05) is 26.2 Å². The van der Waals surface area contributed by atoms with Crippen molar-refractivity contribution in [2.45, 2.75) is 39.3 Å². The van der Waals surface area contributed by atoms with Gasteiger partial charge in [-0.1, -0.05) is 19.1 Å². The average Bonchev–Trinajstić information content (AvgIpc) is 2.44. The molecule has 0 aromatic heterocycles. The van der Waals surface area contributed by atoms with Crippen molar-refractivity contribution < 1.29 is 14.7 Å². The van der Waals surface area contributed by atoms with Gasteiger partial charge in [0, 0.05) is 17.6 Å². The van der Waals surface area contributed by atoms with Crippen molar-refractivity contribution in [3.8, 4) is 0 Å². The Labute approximate surface area is 118 Å². The van der Waals surface area contributed by atoms with Crippen molar-refractivity contribution in [1.82, 2.24) is 10.3 Å². The minimum absolute atomic E-state index is 0.278. The molecule has 0 atom stereocenters. The van der Waals surface area contributed by atoms with E-state index in [1.54, 1.807) is 24.3 Å². The molecule has 20 heavy (non-hydrogen) atoms. The lowest BCUT2D eigenvalue weighted by Crippen LogP contribution is -2.46. The number of nitrogens with two attached hydrogens (primary N) is 1. The summed E-state index contributed by atoms with van der Waals surface area (Å²) in [5.74, 6) is 4.68. The van der Waals surface area contributed by atoms with Crippen LogP contribution in [0.4, 0.5) is 4.79 Å². The molecule has 2 amide bonds. The highest BCUT2D eigenvalue weighted by molar-refractivity contribution is 5.93. The van der Waals surface area contributed by atoms with Crippen molar-refractivity contribution >= 4 is 12.0 Å². The van der Waals surface area contributed by atoms with Gasteiger partial charge in [-0.25, -0.2) is 10.6 Å². The van der Waals surface area contributed by atoms with Gasteiger partial charge in [0.15, 0.2) is 0 Å². The van der Waals surface area contributed by atoms with E-state index in [4.69, 9.17) is 5.84 Å². The summed E-state index contributed by atoms with van der Waals surface area (Å²) in [4.78, 5) is 24.1. The first-order chi connectivity index (χ1) is 9.31. The molecule has 1 aromatic rings. The van der Waals surface area contributed by atoms with E-state index in [2.05, 4.69) is 0 Å². The zero-order valence-electron chi connectivity index (χ0n) is 12.0. The fraction of sp³-hybridized carbons (Fsp3) is 0.429. The van der Waals surface area contributed by atoms with Gasteiger partial charge in [0.25, 0.3) is 5.91 Å². The van der Waals surface area contributed by atoms with Crippen LogP contribution in [-0.4, -0.2) is 27.5 Å². The Morgan fingerprint density at radius 2 is 1.85 bits per heavy atom. The summed E-state index contributed by atoms with van der Waals surface area (Å²) in [5.41, 5.74) is 2.86. The Morgan fingerprint density at radius 1 is 1.30 bits per heavy atom. The topological polar surface area (TPSA) is 95.7 Å². The summed E-state index contributed by atoms with van der Waals surface area (Å²) >= 11 is 0. The molecule has 4 N–H and O–H groups in total. The van der Waals surface area contributed by atoms with Crippen LogP contribution < -0.4 is 11.3 Å². The van der Waals surface area contributed by atoms with Crippen molar-refractivity contribution in [3.63, 3.8) is 0 Å². The molecule has 0 saturated carbocycles. The van der Waals surface area contributed by atoms with E-state index in [0.717, 1.165) is 5.56 Å². The van der Waals surface area contributed by atoms with E-state index in [9.17, 15) is 14.7 Å². The third-order valence-corrected chi connectivity index (χ3v) is 3.51. The minimum Gasteiger partial charge on any atom is -0.465 e. The van der Waals surface area contributed by atoms with Crippen LogP contribution in [0.25, 0.3) is 0 Å². The number of carbonyl (C=O) groups excluding carboxylic acids is 1. The maximum atomic E-state index is 11.4. The third kappa shape index (κ3) is 3.71. The van der Waals surface area contributed by atoms with E-state index in [1.165, 1.54) is 4.90 Å². The lowest BCUT2D eigenvalue weighted by atomic mass is 9.98. The van der Waals surface area contributed by atoms with Gasteiger partial charge in [0.05, 0.1) is 0 Å². The molecule has 0 aliphatic heterocycles. The van der Waals surface area contributed by atoms with E-state index in [-0.39, 0.29) is 12.5 Å². The maximum Gasteiger partial charge on any atom is 0.408 e. The summed E-state index contributed by atoms with van der Waals surface area (Å²) in [6.45, 7) is 6.00. The van der Waals surface area contributed by atoms with Gasteiger partial charge in [0.2, 0.25) is 0 Å². The Morgan fingerprint density at radius 3 is 2.25 bits per heavy atom. The number of rotatable bonds is 5. The highest BCUT2D eigenvalue weighted by Crippen LogP contribution is 2.21. The zero-order chi connectivity index (χ0) is 15.3. The fourth-order valence-corrected chi connectivity index (χ4v) is 1.76. The molecule has 0 unspecified atom stereocenters. The number of hydrazine groups is 1. The number of nitrogens with one attached hydrogen (secondary N) is 1. The van der Waals surface area contributed by atoms with Crippen LogP contribution in [0.5, 0.6) is 0 Å². The van der Waals surface area contributed by atoms with E-state index in [0.29, 0.717) is 12.0 Å². The molecule has 1 rings (SSSR count). The number of nitrogen functional groups attached to an aromatic ring is 1. The lowest BCUT2D eigenvalue weighted by molar-refractivity contribution is 0.0849. The number of carboxylic acid groups (broad SMARTS) is 1. The molecule has 6 heteroatoms. The molecule has 1 aromatic carbocycles. The summed E-state index contributed by atoms with van der Waals surface area (Å²) < 4.78 is 0. The molecule has 0 saturated heterocycles. The molecule has 0 aliphatic rings. The highest BCUT2D eigenvalue weighted by Gasteiger charge is 2.29. The Kier molecular flexibility index (Phi) is 5.10. The monoisotopic (exact) mass is 279 g/mol. The smallest absolute Gasteiger partial charge is 0.408 e. The largest absolute Gasteiger partial charge is 0.465 e. The fourth-order valence-electron chi connectivity index (χ4n) is 1.76. The van der Waals surface area contributed by atoms with Gasteiger partial charge in [-0.2, -0.15) is 0 Å². The van der Waals surface area contributed by atoms with Crippen LogP contribution in [0.2, 0.25) is 0 Å². The van der Waals surface area contributed by atoms with Crippen molar-refractivity contribution in [1.29, 1.82) is 0 Å². The summed E-state index contributed by atoms with van der Waals surface area (Å²) in [5, 5.41) is 9.33. The van der Waals surface area contributed by atoms with Gasteiger partial charge in [-0.05, 0) is 38.0 Å². The maximum absolute atomic E-state index is 11.4. The molecule has 0 fully saturated rings. The summed E-state index contributed by atoms with van der Waals surface area (Å²) in [6, 6.07) is 6.70. The van der Waals surface area contributed by atoms with Gasteiger partial charge in [-0.3, -0.25) is 15.1 Å². The Balaban J connectivity index is 2.90. The Hall–Kier alpha value is -2.08. The molecule has 6 nitrogen and oxygen atoms in total. The normalized spacial score (nSPS) is 11.0. The second kappa shape index (κ2) is 6.38. The number of amides is 2. The SMILES string of the molecule is CCC(C)(C)N(Cc1ccc(C(=O)NN)cc1)C(=O)O. The number of benzene rings is 1. The van der Waals surface area contributed by atoms with Crippen LogP contribution in [0, 0.1) is 0 Å². The predicted molar refractivity (Wildman–Crippen MR) is 76.0 cm³/mol. The van der Waals surface area contributed by atoms with Crippen LogP contribution in [0.3, 0.4) is 0 Å². The first kappa shape index (κ1) is 16.0. The van der Waals surface area contributed by atoms with Crippen LogP contribution in [-0.2, 0) is 6.54 Å². The number of carbonyl (C=O) groups is 2. The highest BCUT2D eigenvalue weighted by atomic mass is 16.4. The van der Waals surface area contributed by atoms with Gasteiger partial charge in [-0.15, -0.1) is 0 Å². The van der Waals surface area contributed by atoms with Crippen LogP contribution in [0.15, 0.2) is 24.3 Å². The van der Waals surface area contributed by atoms with Gasteiger partial charge < -0.3 is 5.11 Å². The molecule has 0 heterocycles. The van der Waals surface area contributed by atoms with E-state index < -0.39 is 11.6 Å². The molecule has 0 radical (unpaired) electrons. The van der Waals surface area contributed by atoms with Gasteiger partial charge in [0.1, 0.15) is 0 Å². The zero-order valence-corrected chi connectivity index (χ0v) is 12.0. The third-order valence-electron chi connectivity index (χ3n) is 3.51. The molecule has 110 valence electrons. The average molecular weight is 279 g/mol. The predicted octanol–water partition coefficient (Wildman–Crippen LogP) is 1.96. The summed E-state index contributed by atoms with van der Waals surface area (Å²) in [6.07, 6.45) is -0.243. The Bertz CT molecular complexity index is 483. The number of hydrogen-bond donors (Lipinski definition) is 3. The first-order valence-electron chi connectivity index (χ1n) is 6.42. The van der Waals surface area contributed by atoms with E-state index >= 15 is 0 Å². The van der Waals surface area contributed by atoms with Crippen LogP contribution >= 0.6 is 0 Å². The van der Waals surface area contributed by atoms with Gasteiger partial charge >= 0.3 is 6.09 Å². The summed E-state index contributed by atoms with van der Waals surface area (Å²) in [7, 11) is 0. The quantitative estimate of drug-likeness (QED) is 0.436. The second-order valence-electron chi connectivity index (χ2n) is 5.21. The molecule has 0 spiro atoms. The number of hydrogen-bond acceptors (Lipinski definition) is 3. The molecular formula is C14H21N3O3. The molecular weight excluding hydrogens is 258 g/mol. The van der Waals surface area contributed by atoms with Crippen LogP contribution in [0.1, 0.15) is 43.1 Å². The van der Waals surface area contributed by atoms with Crippen molar-refractivity contribution in [3.05, 3.63) is 35.4 Å². The lowest BCUT2D eigenvalue weighted by Gasteiger charge is -2.35. The first-order valence-corrected chi connectivity index (χ1v) is 6.42. The van der Waals surface area contributed by atoms with Crippen molar-refractivity contribution in [2.75, 3.05) is 0 Å². The van der Waals surface area contributed by atoms with Crippen molar-refractivity contribution in [2.24, 2.45) is 5.84 Å². The number of nitrogens with zero attached hydrogens (tertiary/aromatic N) is 1.